The lowest BCUT2D eigenvalue weighted by Gasteiger charge is -2.09. The highest BCUT2D eigenvalue weighted by Gasteiger charge is 2.25. The Bertz CT molecular complexity index is 621. The molecule has 3 rings (SSSR count). The first-order valence-electron chi connectivity index (χ1n) is 6.83. The van der Waals surface area contributed by atoms with Crippen LogP contribution >= 0.6 is 0 Å². The first-order chi connectivity index (χ1) is 9.84. The van der Waals surface area contributed by atoms with Gasteiger partial charge in [-0.2, -0.15) is 0 Å². The minimum absolute atomic E-state index is 0.0466. The summed E-state index contributed by atoms with van der Waals surface area (Å²) in [6, 6.07) is 9.97. The van der Waals surface area contributed by atoms with E-state index < -0.39 is 0 Å². The van der Waals surface area contributed by atoms with E-state index in [2.05, 4.69) is 10.3 Å². The predicted octanol–water partition coefficient (Wildman–Crippen LogP) is 2.07. The molecule has 1 aromatic heterocycles. The van der Waals surface area contributed by atoms with Gasteiger partial charge in [0.25, 0.3) is 5.56 Å². The second-order valence-electron chi connectivity index (χ2n) is 4.81. The van der Waals surface area contributed by atoms with Gasteiger partial charge in [-0.1, -0.05) is 18.2 Å². The summed E-state index contributed by atoms with van der Waals surface area (Å²) in [6.07, 6.45) is 5.59. The summed E-state index contributed by atoms with van der Waals surface area (Å²) in [4.78, 5) is 16.2. The van der Waals surface area contributed by atoms with E-state index >= 15 is 0 Å². The van der Waals surface area contributed by atoms with Gasteiger partial charge in [0, 0.05) is 18.4 Å². The summed E-state index contributed by atoms with van der Waals surface area (Å²) < 4.78 is 7.32. The van der Waals surface area contributed by atoms with E-state index in [9.17, 15) is 4.79 Å². The van der Waals surface area contributed by atoms with Gasteiger partial charge in [0.15, 0.2) is 5.82 Å². The molecule has 1 saturated carbocycles. The number of hydrogen-bond donors (Lipinski definition) is 1. The third-order valence-electron chi connectivity index (χ3n) is 3.21. The molecule has 104 valence electrons. The van der Waals surface area contributed by atoms with Crippen LogP contribution in [0.3, 0.4) is 0 Å². The van der Waals surface area contributed by atoms with Crippen LogP contribution in [0.15, 0.2) is 47.5 Å². The van der Waals surface area contributed by atoms with Crippen molar-refractivity contribution in [3.8, 4) is 5.75 Å². The van der Waals surface area contributed by atoms with E-state index in [1.807, 2.05) is 30.3 Å². The number of rotatable bonds is 6. The standard InChI is InChI=1S/C15H17N3O2/c19-15-14(16-8-10-18(15)12-6-7-12)17-9-11-20-13-4-2-1-3-5-13/h1-5,8,10,12H,6-7,9,11H2,(H,16,17). The van der Waals surface area contributed by atoms with E-state index in [-0.39, 0.29) is 5.56 Å². The molecule has 5 heteroatoms. The predicted molar refractivity (Wildman–Crippen MR) is 77.2 cm³/mol. The third kappa shape index (κ3) is 2.99. The highest BCUT2D eigenvalue weighted by atomic mass is 16.5. The lowest BCUT2D eigenvalue weighted by molar-refractivity contribution is 0.332. The number of para-hydroxylation sites is 1. The van der Waals surface area contributed by atoms with Crippen LogP contribution in [0.5, 0.6) is 5.75 Å². The van der Waals surface area contributed by atoms with Gasteiger partial charge in [-0.25, -0.2) is 4.98 Å². The molecule has 1 aromatic carbocycles. The van der Waals surface area contributed by atoms with Crippen molar-refractivity contribution in [3.63, 3.8) is 0 Å². The molecule has 20 heavy (non-hydrogen) atoms. The van der Waals surface area contributed by atoms with Crippen LogP contribution in [-0.4, -0.2) is 22.7 Å². The Hall–Kier alpha value is -2.30. The topological polar surface area (TPSA) is 56.1 Å². The van der Waals surface area contributed by atoms with Crippen molar-refractivity contribution in [2.75, 3.05) is 18.5 Å². The van der Waals surface area contributed by atoms with Crippen molar-refractivity contribution < 1.29 is 4.74 Å². The number of nitrogens with one attached hydrogen (secondary N) is 1. The van der Waals surface area contributed by atoms with E-state index in [4.69, 9.17) is 4.74 Å². The minimum atomic E-state index is -0.0466. The molecule has 0 atom stereocenters. The Balaban J connectivity index is 1.54. The van der Waals surface area contributed by atoms with E-state index in [1.165, 1.54) is 0 Å². The van der Waals surface area contributed by atoms with Gasteiger partial charge in [0.1, 0.15) is 12.4 Å². The zero-order valence-electron chi connectivity index (χ0n) is 11.2. The first-order valence-corrected chi connectivity index (χ1v) is 6.83. The Morgan fingerprint density at radius 2 is 2.10 bits per heavy atom. The Morgan fingerprint density at radius 1 is 1.30 bits per heavy atom. The van der Waals surface area contributed by atoms with E-state index in [1.54, 1.807) is 17.0 Å². The Labute approximate surface area is 117 Å². The van der Waals surface area contributed by atoms with Gasteiger partial charge >= 0.3 is 0 Å². The Morgan fingerprint density at radius 3 is 2.85 bits per heavy atom. The molecule has 1 heterocycles. The maximum Gasteiger partial charge on any atom is 0.293 e. The average molecular weight is 271 g/mol. The summed E-state index contributed by atoms with van der Waals surface area (Å²) in [5.74, 6) is 1.22. The van der Waals surface area contributed by atoms with Crippen LogP contribution in [-0.2, 0) is 0 Å². The normalized spacial score (nSPS) is 14.0. The molecule has 1 fully saturated rings. The van der Waals surface area contributed by atoms with Gasteiger partial charge in [-0.3, -0.25) is 4.79 Å². The molecule has 0 aliphatic heterocycles. The van der Waals surface area contributed by atoms with E-state index in [0.29, 0.717) is 25.0 Å². The SMILES string of the molecule is O=c1c(NCCOc2ccccc2)nccn1C1CC1. The van der Waals surface area contributed by atoms with E-state index in [0.717, 1.165) is 18.6 Å². The highest BCUT2D eigenvalue weighted by molar-refractivity contribution is 5.31. The van der Waals surface area contributed by atoms with Crippen LogP contribution in [0.25, 0.3) is 0 Å². The van der Waals surface area contributed by atoms with Crippen molar-refractivity contribution in [2.24, 2.45) is 0 Å². The first kappa shape index (κ1) is 12.7. The van der Waals surface area contributed by atoms with Crippen molar-refractivity contribution in [1.82, 2.24) is 9.55 Å². The molecule has 0 unspecified atom stereocenters. The molecular formula is C15H17N3O2. The molecule has 0 radical (unpaired) electrons. The van der Waals surface area contributed by atoms with Crippen LogP contribution < -0.4 is 15.6 Å². The molecule has 0 amide bonds. The van der Waals surface area contributed by atoms with Crippen LogP contribution in [0.1, 0.15) is 18.9 Å². The maximum absolute atomic E-state index is 12.1. The fourth-order valence-corrected chi connectivity index (χ4v) is 2.04. The molecule has 1 aliphatic rings. The quantitative estimate of drug-likeness (QED) is 0.817. The number of nitrogens with zero attached hydrogens (tertiary/aromatic N) is 2. The lowest BCUT2D eigenvalue weighted by atomic mass is 10.3. The molecule has 2 aromatic rings. The van der Waals surface area contributed by atoms with Gasteiger partial charge in [0.2, 0.25) is 0 Å². The molecule has 0 saturated heterocycles. The smallest absolute Gasteiger partial charge is 0.293 e. The van der Waals surface area contributed by atoms with Gasteiger partial charge < -0.3 is 14.6 Å². The van der Waals surface area contributed by atoms with Crippen LogP contribution in [0.2, 0.25) is 0 Å². The van der Waals surface area contributed by atoms with Crippen molar-refractivity contribution in [1.29, 1.82) is 0 Å². The lowest BCUT2D eigenvalue weighted by Crippen LogP contribution is -2.25. The van der Waals surface area contributed by atoms with Gasteiger partial charge in [-0.05, 0) is 25.0 Å². The highest BCUT2D eigenvalue weighted by Crippen LogP contribution is 2.33. The minimum Gasteiger partial charge on any atom is -0.492 e. The molecule has 1 N–H and O–H groups in total. The third-order valence-corrected chi connectivity index (χ3v) is 3.21. The molecule has 5 nitrogen and oxygen atoms in total. The van der Waals surface area contributed by atoms with Crippen molar-refractivity contribution in [3.05, 3.63) is 53.1 Å². The fourth-order valence-electron chi connectivity index (χ4n) is 2.04. The monoisotopic (exact) mass is 271 g/mol. The molecule has 0 spiro atoms. The van der Waals surface area contributed by atoms with Gasteiger partial charge in [-0.15, -0.1) is 0 Å². The summed E-state index contributed by atoms with van der Waals surface area (Å²) >= 11 is 0. The number of aromatic nitrogens is 2. The molecular weight excluding hydrogens is 254 g/mol. The second-order valence-corrected chi connectivity index (χ2v) is 4.81. The van der Waals surface area contributed by atoms with Crippen molar-refractivity contribution in [2.45, 2.75) is 18.9 Å². The number of ether oxygens (including phenoxy) is 1. The molecule has 0 bridgehead atoms. The second kappa shape index (κ2) is 5.77. The van der Waals surface area contributed by atoms with Crippen LogP contribution in [0.4, 0.5) is 5.82 Å². The largest absolute Gasteiger partial charge is 0.492 e. The fraction of sp³-hybridized carbons (Fsp3) is 0.333. The summed E-state index contributed by atoms with van der Waals surface area (Å²) in [5, 5.41) is 3.04. The molecule has 1 aliphatic carbocycles. The Kier molecular flexibility index (Phi) is 3.67. The van der Waals surface area contributed by atoms with Crippen LogP contribution in [0, 0.1) is 0 Å². The summed E-state index contributed by atoms with van der Waals surface area (Å²) in [7, 11) is 0. The number of benzene rings is 1. The summed E-state index contributed by atoms with van der Waals surface area (Å²) in [6.45, 7) is 1.04. The maximum atomic E-state index is 12.1. The zero-order chi connectivity index (χ0) is 13.8. The zero-order valence-corrected chi connectivity index (χ0v) is 11.2. The number of anilines is 1. The summed E-state index contributed by atoms with van der Waals surface area (Å²) in [5.41, 5.74) is -0.0466. The average Bonchev–Trinajstić information content (AvgIpc) is 3.31. The van der Waals surface area contributed by atoms with Crippen molar-refractivity contribution >= 4 is 5.82 Å². The van der Waals surface area contributed by atoms with Gasteiger partial charge in [0.05, 0.1) is 6.54 Å². The number of hydrogen-bond acceptors (Lipinski definition) is 4.